The largest absolute Gasteiger partial charge is 0.573 e. The van der Waals surface area contributed by atoms with Crippen molar-refractivity contribution in [3.05, 3.63) is 22.2 Å². The van der Waals surface area contributed by atoms with Crippen LogP contribution in [0, 0.1) is 0 Å². The molecule has 0 spiro atoms. The second kappa shape index (κ2) is 5.48. The molecule has 1 heterocycles. The van der Waals surface area contributed by atoms with Crippen LogP contribution in [0.2, 0.25) is 10.0 Å². The Morgan fingerprint density at radius 1 is 1.00 bits per heavy atom. The van der Waals surface area contributed by atoms with Crippen molar-refractivity contribution in [3.63, 3.8) is 0 Å². The minimum absolute atomic E-state index is 0.269. The van der Waals surface area contributed by atoms with E-state index in [-0.39, 0.29) is 10.0 Å². The Hall–Kier alpha value is -0.625. The summed E-state index contributed by atoms with van der Waals surface area (Å²) in [7, 11) is -0.778. The molecule has 0 radical (unpaired) electrons. The van der Waals surface area contributed by atoms with Gasteiger partial charge >= 0.3 is 13.5 Å². The lowest BCUT2D eigenvalue weighted by Gasteiger charge is -2.32. The highest BCUT2D eigenvalue weighted by Crippen LogP contribution is 2.39. The average Bonchev–Trinajstić information content (AvgIpc) is 2.52. The normalized spacial score (nSPS) is 20.3. The van der Waals surface area contributed by atoms with Gasteiger partial charge in [0.05, 0.1) is 21.2 Å². The number of benzene rings is 1. The van der Waals surface area contributed by atoms with Crippen LogP contribution in [0.15, 0.2) is 12.1 Å². The van der Waals surface area contributed by atoms with Crippen LogP contribution in [0.3, 0.4) is 0 Å². The SMILES string of the molecule is CC1(C)OB(c2cc(Cl)c(OC(F)(F)F)c(Cl)c2)OC1(C)C. The molecule has 0 saturated carbocycles. The standard InChI is InChI=1S/C13H14BCl2F3O3/c1-11(2)12(3,4)22-14(21-11)7-5-8(15)10(9(16)6-7)20-13(17,18)19/h5-6H,1-4H3. The topological polar surface area (TPSA) is 27.7 Å². The van der Waals surface area contributed by atoms with Crippen LogP contribution >= 0.6 is 23.2 Å². The van der Waals surface area contributed by atoms with Gasteiger partial charge in [-0.2, -0.15) is 0 Å². The molecule has 0 aliphatic carbocycles. The fourth-order valence-electron chi connectivity index (χ4n) is 1.91. The van der Waals surface area contributed by atoms with Crippen LogP contribution in [0.4, 0.5) is 13.2 Å². The lowest BCUT2D eigenvalue weighted by molar-refractivity contribution is -0.274. The number of rotatable bonds is 2. The predicted octanol–water partition coefficient (Wildman–Crippen LogP) is 4.19. The summed E-state index contributed by atoms with van der Waals surface area (Å²) in [6.45, 7) is 7.43. The summed E-state index contributed by atoms with van der Waals surface area (Å²) in [4.78, 5) is 0. The predicted molar refractivity (Wildman–Crippen MR) is 78.9 cm³/mol. The third-order valence-corrected chi connectivity index (χ3v) is 4.33. The minimum Gasteiger partial charge on any atom is -0.403 e. The number of hydrogen-bond donors (Lipinski definition) is 0. The van der Waals surface area contributed by atoms with E-state index in [4.69, 9.17) is 32.5 Å². The zero-order valence-corrected chi connectivity index (χ0v) is 13.9. The quantitative estimate of drug-likeness (QED) is 0.743. The van der Waals surface area contributed by atoms with Crippen molar-refractivity contribution in [1.29, 1.82) is 0 Å². The van der Waals surface area contributed by atoms with Gasteiger partial charge in [-0.05, 0) is 45.3 Å². The summed E-state index contributed by atoms with van der Waals surface area (Å²) in [6.07, 6.45) is -4.88. The summed E-state index contributed by atoms with van der Waals surface area (Å²) in [5, 5.41) is -0.538. The molecule has 1 aromatic carbocycles. The summed E-state index contributed by atoms with van der Waals surface area (Å²) < 4.78 is 52.4. The highest BCUT2D eigenvalue weighted by molar-refractivity contribution is 6.63. The van der Waals surface area contributed by atoms with Crippen LogP contribution < -0.4 is 10.2 Å². The van der Waals surface area contributed by atoms with Gasteiger partial charge < -0.3 is 14.0 Å². The third-order valence-electron chi connectivity index (χ3n) is 3.76. The van der Waals surface area contributed by atoms with Crippen molar-refractivity contribution in [1.82, 2.24) is 0 Å². The first-order valence-electron chi connectivity index (χ1n) is 6.43. The van der Waals surface area contributed by atoms with Crippen LogP contribution in [0.1, 0.15) is 27.7 Å². The summed E-state index contributed by atoms with van der Waals surface area (Å²) >= 11 is 11.7. The first-order valence-corrected chi connectivity index (χ1v) is 7.18. The molecule has 0 N–H and O–H groups in total. The van der Waals surface area contributed by atoms with Gasteiger partial charge in [0.25, 0.3) is 0 Å². The fourth-order valence-corrected chi connectivity index (χ4v) is 2.49. The molecule has 122 valence electrons. The van der Waals surface area contributed by atoms with Crippen molar-refractivity contribution in [2.75, 3.05) is 0 Å². The van der Waals surface area contributed by atoms with E-state index in [0.29, 0.717) is 5.46 Å². The van der Waals surface area contributed by atoms with Crippen LogP contribution in [0.5, 0.6) is 5.75 Å². The third kappa shape index (κ3) is 3.48. The summed E-state index contributed by atoms with van der Waals surface area (Å²) in [5.74, 6) is -0.642. The van der Waals surface area contributed by atoms with Crippen LogP contribution in [0.25, 0.3) is 0 Å². The summed E-state index contributed by atoms with van der Waals surface area (Å²) in [5.41, 5.74) is -0.752. The van der Waals surface area contributed by atoms with Gasteiger partial charge in [-0.15, -0.1) is 13.2 Å². The van der Waals surface area contributed by atoms with Crippen molar-refractivity contribution in [2.24, 2.45) is 0 Å². The average molecular weight is 357 g/mol. The van der Waals surface area contributed by atoms with E-state index in [0.717, 1.165) is 0 Å². The van der Waals surface area contributed by atoms with Gasteiger partial charge in [0.15, 0.2) is 5.75 Å². The molecule has 1 saturated heterocycles. The second-order valence-electron chi connectivity index (χ2n) is 5.95. The molecule has 1 fully saturated rings. The Morgan fingerprint density at radius 3 is 1.77 bits per heavy atom. The van der Waals surface area contributed by atoms with Gasteiger partial charge in [-0.3, -0.25) is 0 Å². The van der Waals surface area contributed by atoms with E-state index in [9.17, 15) is 13.2 Å². The lowest BCUT2D eigenvalue weighted by Crippen LogP contribution is -2.41. The molecule has 3 nitrogen and oxygen atoms in total. The van der Waals surface area contributed by atoms with Crippen molar-refractivity contribution in [3.8, 4) is 5.75 Å². The molecule has 2 rings (SSSR count). The Labute approximate surface area is 136 Å². The molecule has 22 heavy (non-hydrogen) atoms. The van der Waals surface area contributed by atoms with Gasteiger partial charge in [0, 0.05) is 0 Å². The maximum Gasteiger partial charge on any atom is 0.573 e. The zero-order valence-electron chi connectivity index (χ0n) is 12.3. The maximum atomic E-state index is 12.3. The van der Waals surface area contributed by atoms with Crippen molar-refractivity contribution in [2.45, 2.75) is 45.3 Å². The molecular weight excluding hydrogens is 343 g/mol. The molecule has 9 heteroatoms. The van der Waals surface area contributed by atoms with Gasteiger partial charge in [0.2, 0.25) is 0 Å². The molecule has 1 aliphatic heterocycles. The molecule has 1 aromatic rings. The molecular formula is C13H14BCl2F3O3. The molecule has 0 aromatic heterocycles. The van der Waals surface area contributed by atoms with Crippen LogP contribution in [-0.4, -0.2) is 24.7 Å². The smallest absolute Gasteiger partial charge is 0.403 e. The zero-order chi connectivity index (χ0) is 16.9. The van der Waals surface area contributed by atoms with Gasteiger partial charge in [0.1, 0.15) is 0 Å². The number of ether oxygens (including phenoxy) is 1. The van der Waals surface area contributed by atoms with E-state index in [1.54, 1.807) is 0 Å². The summed E-state index contributed by atoms with van der Waals surface area (Å²) in [6, 6.07) is 2.58. The molecule has 0 bridgehead atoms. The van der Waals surface area contributed by atoms with Crippen molar-refractivity contribution < 1.29 is 27.2 Å². The molecule has 1 aliphatic rings. The van der Waals surface area contributed by atoms with E-state index < -0.39 is 30.4 Å². The Morgan fingerprint density at radius 2 is 1.41 bits per heavy atom. The van der Waals surface area contributed by atoms with Crippen molar-refractivity contribution >= 4 is 35.8 Å². The van der Waals surface area contributed by atoms with Gasteiger partial charge in [-0.25, -0.2) is 0 Å². The molecule has 0 amide bonds. The number of alkyl halides is 3. The number of hydrogen-bond acceptors (Lipinski definition) is 3. The van der Waals surface area contributed by atoms with E-state index >= 15 is 0 Å². The fraction of sp³-hybridized carbons (Fsp3) is 0.538. The molecule has 0 atom stereocenters. The van der Waals surface area contributed by atoms with E-state index in [1.807, 2.05) is 27.7 Å². The lowest BCUT2D eigenvalue weighted by atomic mass is 9.79. The second-order valence-corrected chi connectivity index (χ2v) is 6.76. The molecule has 0 unspecified atom stereocenters. The first kappa shape index (κ1) is 17.7. The van der Waals surface area contributed by atoms with E-state index in [2.05, 4.69) is 4.74 Å². The number of halogens is 5. The Kier molecular flexibility index (Phi) is 4.41. The maximum absolute atomic E-state index is 12.3. The Bertz CT molecular complexity index is 551. The van der Waals surface area contributed by atoms with Gasteiger partial charge in [-0.1, -0.05) is 23.2 Å². The first-order chi connectivity index (χ1) is 9.82. The Balaban J connectivity index is 2.32. The van der Waals surface area contributed by atoms with Crippen LogP contribution in [-0.2, 0) is 9.31 Å². The monoisotopic (exact) mass is 356 g/mol. The highest BCUT2D eigenvalue weighted by atomic mass is 35.5. The minimum atomic E-state index is -4.88. The van der Waals surface area contributed by atoms with E-state index in [1.165, 1.54) is 12.1 Å². The highest BCUT2D eigenvalue weighted by Gasteiger charge is 2.52.